The van der Waals surface area contributed by atoms with Crippen LogP contribution in [0.4, 0.5) is 17.1 Å². The van der Waals surface area contributed by atoms with E-state index >= 15 is 0 Å². The molecule has 20 heavy (non-hydrogen) atoms. The third kappa shape index (κ3) is 2.97. The largest absolute Gasteiger partial charge is 0.494 e. The Hall–Kier alpha value is -2.76. The summed E-state index contributed by atoms with van der Waals surface area (Å²) in [5.74, 6) is 0.930. The first-order valence-corrected chi connectivity index (χ1v) is 5.88. The maximum atomic E-state index is 7.10. The average Bonchev–Trinajstić information content (AvgIpc) is 2.52. The fraction of sp³-hybridized carbons (Fsp3) is 0.143. The van der Waals surface area contributed by atoms with E-state index in [0.717, 1.165) is 5.69 Å². The van der Waals surface area contributed by atoms with Gasteiger partial charge < -0.3 is 9.47 Å². The van der Waals surface area contributed by atoms with E-state index in [2.05, 4.69) is 15.3 Å². The van der Waals surface area contributed by atoms with Gasteiger partial charge in [-0.3, -0.25) is 0 Å². The van der Waals surface area contributed by atoms with Gasteiger partial charge in [0.05, 0.1) is 19.9 Å². The molecule has 0 aliphatic carbocycles. The Morgan fingerprint density at radius 1 is 0.850 bits per heavy atom. The van der Waals surface area contributed by atoms with E-state index in [4.69, 9.17) is 15.0 Å². The van der Waals surface area contributed by atoms with Crippen molar-refractivity contribution < 1.29 is 9.47 Å². The van der Waals surface area contributed by atoms with Crippen molar-refractivity contribution in [3.63, 3.8) is 0 Å². The van der Waals surface area contributed by atoms with Crippen LogP contribution in [0.3, 0.4) is 0 Å². The fourth-order valence-corrected chi connectivity index (χ4v) is 1.64. The number of hydrogen-bond donors (Lipinski definition) is 1. The molecule has 0 fully saturated rings. The Morgan fingerprint density at radius 3 is 2.05 bits per heavy atom. The van der Waals surface area contributed by atoms with Crippen molar-refractivity contribution in [1.82, 2.24) is 0 Å². The molecular weight excluding hydrogens is 256 g/mol. The summed E-state index contributed by atoms with van der Waals surface area (Å²) in [6, 6.07) is 12.6. The van der Waals surface area contributed by atoms with Crippen molar-refractivity contribution in [3.05, 3.63) is 42.5 Å². The van der Waals surface area contributed by atoms with Gasteiger partial charge in [-0.15, -0.1) is 5.11 Å². The number of nitrogens with zero attached hydrogens (tertiary/aromatic N) is 3. The highest BCUT2D eigenvalue weighted by Gasteiger charge is 2.10. The molecule has 0 saturated carbocycles. The standard InChI is InChI=1S/C14H14N4O2/c1-19-13-9-12(14(20-2)8-11(13)16-15)18-17-10-6-4-3-5-7-10/h3-9,15H,1-2H3. The van der Waals surface area contributed by atoms with Crippen molar-refractivity contribution in [1.29, 1.82) is 5.53 Å². The lowest BCUT2D eigenvalue weighted by Gasteiger charge is -2.08. The molecule has 0 aliphatic heterocycles. The number of nitrogens with one attached hydrogen (secondary N) is 1. The number of benzene rings is 2. The van der Waals surface area contributed by atoms with Crippen LogP contribution in [0.25, 0.3) is 0 Å². The number of methoxy groups -OCH3 is 2. The average molecular weight is 270 g/mol. The molecule has 0 radical (unpaired) electrons. The minimum Gasteiger partial charge on any atom is -0.494 e. The third-order valence-electron chi connectivity index (χ3n) is 2.63. The Bertz CT molecular complexity index is 627. The van der Waals surface area contributed by atoms with E-state index in [1.807, 2.05) is 30.3 Å². The van der Waals surface area contributed by atoms with Crippen LogP contribution in [0.2, 0.25) is 0 Å². The molecule has 0 spiro atoms. The molecule has 0 heterocycles. The molecule has 0 unspecified atom stereocenters. The fourth-order valence-electron chi connectivity index (χ4n) is 1.64. The van der Waals surface area contributed by atoms with Gasteiger partial charge in [0.25, 0.3) is 0 Å². The molecule has 0 saturated heterocycles. The van der Waals surface area contributed by atoms with Gasteiger partial charge in [-0.05, 0) is 12.1 Å². The van der Waals surface area contributed by atoms with Crippen LogP contribution in [0.1, 0.15) is 0 Å². The first-order valence-electron chi connectivity index (χ1n) is 5.88. The van der Waals surface area contributed by atoms with Crippen LogP contribution < -0.4 is 9.47 Å². The monoisotopic (exact) mass is 270 g/mol. The lowest BCUT2D eigenvalue weighted by Crippen LogP contribution is -1.87. The number of rotatable bonds is 5. The first kappa shape index (κ1) is 13.7. The van der Waals surface area contributed by atoms with Crippen LogP contribution in [-0.2, 0) is 0 Å². The Labute approximate surface area is 116 Å². The minimum atomic E-state index is 0.378. The molecule has 0 bridgehead atoms. The van der Waals surface area contributed by atoms with Gasteiger partial charge in [0, 0.05) is 12.1 Å². The molecule has 2 aromatic carbocycles. The van der Waals surface area contributed by atoms with Gasteiger partial charge in [-0.1, -0.05) is 18.2 Å². The van der Waals surface area contributed by atoms with Gasteiger partial charge in [-0.2, -0.15) is 10.2 Å². The van der Waals surface area contributed by atoms with Crippen LogP contribution in [0.5, 0.6) is 11.5 Å². The van der Waals surface area contributed by atoms with Crippen LogP contribution in [0.15, 0.2) is 57.8 Å². The quantitative estimate of drug-likeness (QED) is 0.793. The molecule has 0 aliphatic rings. The zero-order chi connectivity index (χ0) is 14.4. The molecule has 6 heteroatoms. The Morgan fingerprint density at radius 2 is 1.45 bits per heavy atom. The van der Waals surface area contributed by atoms with Crippen molar-refractivity contribution in [2.45, 2.75) is 0 Å². The summed E-state index contributed by atoms with van der Waals surface area (Å²) in [5.41, 5.74) is 8.73. The van der Waals surface area contributed by atoms with E-state index in [-0.39, 0.29) is 0 Å². The highest BCUT2D eigenvalue weighted by atomic mass is 16.5. The van der Waals surface area contributed by atoms with Crippen molar-refractivity contribution in [2.24, 2.45) is 15.3 Å². The van der Waals surface area contributed by atoms with Gasteiger partial charge in [-0.25, -0.2) is 5.53 Å². The summed E-state index contributed by atoms with van der Waals surface area (Å²) >= 11 is 0. The van der Waals surface area contributed by atoms with Gasteiger partial charge in [0.2, 0.25) is 0 Å². The lowest BCUT2D eigenvalue weighted by atomic mass is 10.2. The molecule has 0 amide bonds. The first-order chi connectivity index (χ1) is 9.78. The van der Waals surface area contributed by atoms with E-state index in [1.165, 1.54) is 14.2 Å². The van der Waals surface area contributed by atoms with Crippen LogP contribution >= 0.6 is 0 Å². The number of hydrogen-bond acceptors (Lipinski definition) is 6. The van der Waals surface area contributed by atoms with Crippen molar-refractivity contribution in [2.75, 3.05) is 14.2 Å². The van der Waals surface area contributed by atoms with E-state index in [1.54, 1.807) is 12.1 Å². The predicted octanol–water partition coefficient (Wildman–Crippen LogP) is 4.78. The smallest absolute Gasteiger partial charge is 0.148 e. The Balaban J connectivity index is 2.40. The zero-order valence-electron chi connectivity index (χ0n) is 11.2. The molecule has 102 valence electrons. The maximum Gasteiger partial charge on any atom is 0.148 e. The Kier molecular flexibility index (Phi) is 4.39. The third-order valence-corrected chi connectivity index (χ3v) is 2.63. The van der Waals surface area contributed by atoms with Crippen LogP contribution in [-0.4, -0.2) is 14.2 Å². The van der Waals surface area contributed by atoms with Crippen molar-refractivity contribution >= 4 is 17.1 Å². The van der Waals surface area contributed by atoms with Gasteiger partial charge in [0.1, 0.15) is 22.9 Å². The van der Waals surface area contributed by atoms with E-state index < -0.39 is 0 Å². The summed E-state index contributed by atoms with van der Waals surface area (Å²) in [6.45, 7) is 0. The number of ether oxygens (including phenoxy) is 2. The van der Waals surface area contributed by atoms with E-state index in [9.17, 15) is 0 Å². The molecule has 0 atom stereocenters. The maximum absolute atomic E-state index is 7.10. The SMILES string of the molecule is COc1cc(N=Nc2ccccc2)c(OC)cc1N=N. The van der Waals surface area contributed by atoms with Crippen LogP contribution in [0, 0.1) is 5.53 Å². The molecule has 6 nitrogen and oxygen atoms in total. The molecule has 0 aromatic heterocycles. The minimum absolute atomic E-state index is 0.378. The molecule has 2 aromatic rings. The summed E-state index contributed by atoms with van der Waals surface area (Å²) in [7, 11) is 3.03. The molecule has 1 N–H and O–H groups in total. The summed E-state index contributed by atoms with van der Waals surface area (Å²) in [5, 5.41) is 11.7. The summed E-state index contributed by atoms with van der Waals surface area (Å²) in [6.07, 6.45) is 0. The second-order valence-electron chi connectivity index (χ2n) is 3.84. The predicted molar refractivity (Wildman–Crippen MR) is 75.0 cm³/mol. The lowest BCUT2D eigenvalue weighted by molar-refractivity contribution is 0.405. The zero-order valence-corrected chi connectivity index (χ0v) is 11.2. The highest BCUT2D eigenvalue weighted by Crippen LogP contribution is 2.40. The molecule has 2 rings (SSSR count). The second kappa shape index (κ2) is 6.42. The van der Waals surface area contributed by atoms with Gasteiger partial charge >= 0.3 is 0 Å². The summed E-state index contributed by atoms with van der Waals surface area (Å²) < 4.78 is 10.4. The summed E-state index contributed by atoms with van der Waals surface area (Å²) in [4.78, 5) is 0. The topological polar surface area (TPSA) is 79.4 Å². The highest BCUT2D eigenvalue weighted by molar-refractivity contribution is 5.66. The van der Waals surface area contributed by atoms with E-state index in [0.29, 0.717) is 22.9 Å². The second-order valence-corrected chi connectivity index (χ2v) is 3.84. The normalized spacial score (nSPS) is 10.5. The number of azo groups is 1. The van der Waals surface area contributed by atoms with Gasteiger partial charge in [0.15, 0.2) is 0 Å². The van der Waals surface area contributed by atoms with Crippen molar-refractivity contribution in [3.8, 4) is 11.5 Å². The molecular formula is C14H14N4O2.